The van der Waals surface area contributed by atoms with Crippen LogP contribution in [0.25, 0.3) is 0 Å². The third kappa shape index (κ3) is 3.99. The van der Waals surface area contributed by atoms with Gasteiger partial charge in [0.25, 0.3) is 5.88 Å². The van der Waals surface area contributed by atoms with Crippen LogP contribution in [0.15, 0.2) is 24.5 Å². The Morgan fingerprint density at radius 1 is 1.11 bits per heavy atom. The van der Waals surface area contributed by atoms with Crippen LogP contribution < -0.4 is 19.7 Å². The van der Waals surface area contributed by atoms with E-state index in [-0.39, 0.29) is 11.9 Å². The number of rotatable bonds is 4. The Hall–Kier alpha value is -2.94. The zero-order valence-corrected chi connectivity index (χ0v) is 16.1. The number of amides is 1. The summed E-state index contributed by atoms with van der Waals surface area (Å²) in [5.74, 6) is 1.85. The van der Waals surface area contributed by atoms with Crippen LogP contribution in [0.2, 0.25) is 0 Å². The Bertz CT molecular complexity index is 836. The molecule has 0 aliphatic carbocycles. The maximum atomic E-state index is 11.1. The topological polar surface area (TPSA) is 92.7 Å². The second kappa shape index (κ2) is 7.97. The number of piperazine rings is 1. The molecule has 1 amide bonds. The molecule has 2 aliphatic heterocycles. The molecule has 1 N–H and O–H groups in total. The summed E-state index contributed by atoms with van der Waals surface area (Å²) in [5.41, 5.74) is 1.59. The molecular formula is C19H24N6O3. The van der Waals surface area contributed by atoms with Gasteiger partial charge in [0.15, 0.2) is 5.75 Å². The Morgan fingerprint density at radius 3 is 2.54 bits per heavy atom. The second-order valence-corrected chi connectivity index (χ2v) is 6.89. The number of carbonyl (C=O) groups excluding carboxylic acids is 1. The Labute approximate surface area is 163 Å². The van der Waals surface area contributed by atoms with Crippen molar-refractivity contribution in [2.75, 3.05) is 49.6 Å². The van der Waals surface area contributed by atoms with Gasteiger partial charge in [-0.15, -0.1) is 0 Å². The Balaban J connectivity index is 1.36. The van der Waals surface area contributed by atoms with Crippen LogP contribution in [0, 0.1) is 0 Å². The first kappa shape index (κ1) is 18.4. The summed E-state index contributed by atoms with van der Waals surface area (Å²) in [5, 5.41) is 2.68. The molecule has 2 aliphatic rings. The van der Waals surface area contributed by atoms with Gasteiger partial charge in [0, 0.05) is 39.1 Å². The number of nitrogens with zero attached hydrogens (tertiary/aromatic N) is 5. The van der Waals surface area contributed by atoms with Crippen molar-refractivity contribution in [1.82, 2.24) is 19.9 Å². The van der Waals surface area contributed by atoms with Crippen LogP contribution in [0.3, 0.4) is 0 Å². The lowest BCUT2D eigenvalue weighted by Gasteiger charge is -2.38. The van der Waals surface area contributed by atoms with Crippen LogP contribution in [0.4, 0.5) is 11.6 Å². The SMILES string of the molecule is CC(=O)Nc1cnc(N2CCN([C@H](C)c3ccc4c(n3)OCCO4)CC2)nc1. The largest absolute Gasteiger partial charge is 0.484 e. The van der Waals surface area contributed by atoms with E-state index < -0.39 is 0 Å². The van der Waals surface area contributed by atoms with Crippen LogP contribution in [-0.4, -0.2) is 65.2 Å². The van der Waals surface area contributed by atoms with E-state index in [9.17, 15) is 4.79 Å². The standard InChI is InChI=1S/C19H24N6O3/c1-13(16-3-4-17-18(23-16)28-10-9-27-17)24-5-7-25(8-6-24)19-20-11-15(12-21-19)22-14(2)26/h3-4,11-13H,5-10H2,1-2H3,(H,22,26)/t13-/m1/s1. The number of nitrogens with one attached hydrogen (secondary N) is 1. The van der Waals surface area contributed by atoms with E-state index in [2.05, 4.69) is 37.0 Å². The van der Waals surface area contributed by atoms with Gasteiger partial charge in [-0.2, -0.15) is 0 Å². The molecule has 2 aromatic rings. The maximum Gasteiger partial charge on any atom is 0.257 e. The highest BCUT2D eigenvalue weighted by atomic mass is 16.6. The fraction of sp³-hybridized carbons (Fsp3) is 0.474. The van der Waals surface area contributed by atoms with E-state index in [1.807, 2.05) is 12.1 Å². The van der Waals surface area contributed by atoms with Gasteiger partial charge in [0.05, 0.1) is 23.8 Å². The van der Waals surface area contributed by atoms with Crippen molar-refractivity contribution in [2.45, 2.75) is 19.9 Å². The highest BCUT2D eigenvalue weighted by Gasteiger charge is 2.25. The summed E-state index contributed by atoms with van der Waals surface area (Å²) in [6.07, 6.45) is 3.27. The van der Waals surface area contributed by atoms with Crippen LogP contribution in [0.5, 0.6) is 11.6 Å². The lowest BCUT2D eigenvalue weighted by molar-refractivity contribution is -0.114. The van der Waals surface area contributed by atoms with Crippen molar-refractivity contribution in [1.29, 1.82) is 0 Å². The molecule has 0 aromatic carbocycles. The molecule has 4 heterocycles. The lowest BCUT2D eigenvalue weighted by atomic mass is 10.1. The number of anilines is 2. The van der Waals surface area contributed by atoms with E-state index in [4.69, 9.17) is 9.47 Å². The summed E-state index contributed by atoms with van der Waals surface area (Å²) >= 11 is 0. The van der Waals surface area contributed by atoms with E-state index in [1.54, 1.807) is 12.4 Å². The van der Waals surface area contributed by atoms with E-state index in [0.717, 1.165) is 31.9 Å². The van der Waals surface area contributed by atoms with E-state index in [1.165, 1.54) is 6.92 Å². The minimum absolute atomic E-state index is 0.133. The minimum Gasteiger partial charge on any atom is -0.484 e. The summed E-state index contributed by atoms with van der Waals surface area (Å²) in [7, 11) is 0. The molecule has 0 spiro atoms. The summed E-state index contributed by atoms with van der Waals surface area (Å²) in [6.45, 7) is 8.15. The molecule has 9 heteroatoms. The van der Waals surface area contributed by atoms with E-state index >= 15 is 0 Å². The zero-order chi connectivity index (χ0) is 19.5. The third-order valence-corrected chi connectivity index (χ3v) is 4.96. The smallest absolute Gasteiger partial charge is 0.257 e. The van der Waals surface area contributed by atoms with Crippen molar-refractivity contribution in [3.8, 4) is 11.6 Å². The maximum absolute atomic E-state index is 11.1. The van der Waals surface area contributed by atoms with Crippen LogP contribution in [0.1, 0.15) is 25.6 Å². The van der Waals surface area contributed by atoms with Gasteiger partial charge < -0.3 is 19.7 Å². The first-order valence-corrected chi connectivity index (χ1v) is 9.45. The minimum atomic E-state index is -0.133. The molecule has 2 aromatic heterocycles. The molecule has 9 nitrogen and oxygen atoms in total. The first-order valence-electron chi connectivity index (χ1n) is 9.45. The molecule has 0 unspecified atom stereocenters. The normalized spacial score (nSPS) is 17.9. The molecule has 4 rings (SSSR count). The van der Waals surface area contributed by atoms with Gasteiger partial charge in [-0.1, -0.05) is 0 Å². The fourth-order valence-corrected chi connectivity index (χ4v) is 3.43. The number of hydrogen-bond donors (Lipinski definition) is 1. The third-order valence-electron chi connectivity index (χ3n) is 4.96. The van der Waals surface area contributed by atoms with E-state index in [0.29, 0.717) is 36.5 Å². The Morgan fingerprint density at radius 2 is 1.82 bits per heavy atom. The molecule has 0 bridgehead atoms. The van der Waals surface area contributed by atoms with Gasteiger partial charge >= 0.3 is 0 Å². The average Bonchev–Trinajstić information content (AvgIpc) is 2.73. The van der Waals surface area contributed by atoms with Gasteiger partial charge in [-0.05, 0) is 19.1 Å². The molecule has 1 atom stereocenters. The summed E-state index contributed by atoms with van der Waals surface area (Å²) < 4.78 is 11.2. The van der Waals surface area contributed by atoms with Crippen molar-refractivity contribution in [3.63, 3.8) is 0 Å². The number of hydrogen-bond acceptors (Lipinski definition) is 8. The van der Waals surface area contributed by atoms with Gasteiger partial charge in [0.1, 0.15) is 13.2 Å². The molecule has 0 radical (unpaired) electrons. The monoisotopic (exact) mass is 384 g/mol. The predicted molar refractivity (Wildman–Crippen MR) is 104 cm³/mol. The Kier molecular flexibility index (Phi) is 5.25. The van der Waals surface area contributed by atoms with Crippen molar-refractivity contribution < 1.29 is 14.3 Å². The highest BCUT2D eigenvalue weighted by Crippen LogP contribution is 2.31. The average molecular weight is 384 g/mol. The number of aromatic nitrogens is 3. The number of carbonyl (C=O) groups is 1. The van der Waals surface area contributed by atoms with Crippen molar-refractivity contribution >= 4 is 17.5 Å². The molecule has 1 saturated heterocycles. The van der Waals surface area contributed by atoms with Crippen LogP contribution in [-0.2, 0) is 4.79 Å². The van der Waals surface area contributed by atoms with Crippen molar-refractivity contribution in [2.24, 2.45) is 0 Å². The summed E-state index contributed by atoms with van der Waals surface area (Å²) in [4.78, 5) is 29.0. The number of fused-ring (bicyclic) bond motifs is 1. The molecule has 1 fully saturated rings. The van der Waals surface area contributed by atoms with Crippen molar-refractivity contribution in [3.05, 3.63) is 30.2 Å². The van der Waals surface area contributed by atoms with Gasteiger partial charge in [-0.3, -0.25) is 9.69 Å². The number of ether oxygens (including phenoxy) is 2. The highest BCUT2D eigenvalue weighted by molar-refractivity contribution is 5.88. The zero-order valence-electron chi connectivity index (χ0n) is 16.1. The molecular weight excluding hydrogens is 360 g/mol. The summed E-state index contributed by atoms with van der Waals surface area (Å²) in [6, 6.07) is 4.13. The first-order chi connectivity index (χ1) is 13.6. The van der Waals surface area contributed by atoms with Gasteiger partial charge in [-0.25, -0.2) is 15.0 Å². The van der Waals surface area contributed by atoms with Crippen LogP contribution >= 0.6 is 0 Å². The number of pyridine rings is 1. The predicted octanol–water partition coefficient (Wildman–Crippen LogP) is 1.48. The lowest BCUT2D eigenvalue weighted by Crippen LogP contribution is -2.47. The quantitative estimate of drug-likeness (QED) is 0.848. The second-order valence-electron chi connectivity index (χ2n) is 6.89. The molecule has 28 heavy (non-hydrogen) atoms. The van der Waals surface area contributed by atoms with Gasteiger partial charge in [0.2, 0.25) is 11.9 Å². The fourth-order valence-electron chi connectivity index (χ4n) is 3.43. The molecule has 0 saturated carbocycles. The molecule has 148 valence electrons.